The Balaban J connectivity index is 2.60. The average molecular weight is 265 g/mol. The number of anilines is 2. The first-order valence-electron chi connectivity index (χ1n) is 6.59. The van der Waals surface area contributed by atoms with E-state index in [1.807, 2.05) is 20.9 Å². The van der Waals surface area contributed by atoms with Gasteiger partial charge in [-0.05, 0) is 20.3 Å². The van der Waals surface area contributed by atoms with Crippen LogP contribution in [0.25, 0.3) is 0 Å². The highest BCUT2D eigenvalue weighted by Crippen LogP contribution is 2.10. The number of nitrogens with zero attached hydrogens (tertiary/aromatic N) is 3. The fraction of sp³-hybridized carbons (Fsp3) is 0.615. The lowest BCUT2D eigenvalue weighted by molar-refractivity contribution is -0.120. The summed E-state index contributed by atoms with van der Waals surface area (Å²) in [5.41, 5.74) is 0. The predicted molar refractivity (Wildman–Crippen MR) is 77.4 cm³/mol. The van der Waals surface area contributed by atoms with Gasteiger partial charge in [-0.2, -0.15) is 0 Å². The maximum atomic E-state index is 11.7. The molecule has 0 bridgehead atoms. The van der Waals surface area contributed by atoms with Gasteiger partial charge >= 0.3 is 0 Å². The molecule has 1 rings (SSSR count). The molecule has 2 N–H and O–H groups in total. The molecule has 6 heteroatoms. The van der Waals surface area contributed by atoms with Crippen molar-refractivity contribution in [2.45, 2.75) is 33.2 Å². The molecule has 1 aromatic rings. The maximum absolute atomic E-state index is 11.7. The van der Waals surface area contributed by atoms with Crippen LogP contribution in [-0.2, 0) is 4.79 Å². The summed E-state index contributed by atoms with van der Waals surface area (Å²) in [7, 11) is 1.83. The van der Waals surface area contributed by atoms with Gasteiger partial charge in [0.2, 0.25) is 5.91 Å². The second kappa shape index (κ2) is 7.56. The van der Waals surface area contributed by atoms with E-state index in [1.165, 1.54) is 0 Å². The van der Waals surface area contributed by atoms with E-state index in [9.17, 15) is 4.79 Å². The molecule has 0 atom stereocenters. The van der Waals surface area contributed by atoms with E-state index in [2.05, 4.69) is 27.5 Å². The van der Waals surface area contributed by atoms with Crippen molar-refractivity contribution >= 4 is 17.5 Å². The highest BCUT2D eigenvalue weighted by Gasteiger charge is 2.10. The number of carbonyl (C=O) groups is 1. The lowest BCUT2D eigenvalue weighted by atomic mass is 10.4. The molecule has 0 aliphatic carbocycles. The van der Waals surface area contributed by atoms with Crippen molar-refractivity contribution in [2.24, 2.45) is 0 Å². The molecule has 0 fully saturated rings. The quantitative estimate of drug-likeness (QED) is 0.776. The fourth-order valence-electron chi connectivity index (χ4n) is 1.54. The maximum Gasteiger partial charge on any atom is 0.239 e. The van der Waals surface area contributed by atoms with E-state index < -0.39 is 0 Å². The molecular weight excluding hydrogens is 242 g/mol. The Morgan fingerprint density at radius 2 is 2.16 bits per heavy atom. The number of amides is 1. The molecule has 1 heterocycles. The van der Waals surface area contributed by atoms with E-state index in [-0.39, 0.29) is 18.5 Å². The summed E-state index contributed by atoms with van der Waals surface area (Å²) in [6.07, 6.45) is 4.36. The fourth-order valence-corrected chi connectivity index (χ4v) is 1.54. The van der Waals surface area contributed by atoms with Crippen molar-refractivity contribution in [1.82, 2.24) is 15.3 Å². The third-order valence-electron chi connectivity index (χ3n) is 2.40. The number of hydrogen-bond acceptors (Lipinski definition) is 5. The summed E-state index contributed by atoms with van der Waals surface area (Å²) in [5, 5.41) is 6.02. The highest BCUT2D eigenvalue weighted by atomic mass is 16.2. The Morgan fingerprint density at radius 1 is 1.42 bits per heavy atom. The van der Waals surface area contributed by atoms with E-state index in [0.29, 0.717) is 5.82 Å². The van der Waals surface area contributed by atoms with E-state index >= 15 is 0 Å². The van der Waals surface area contributed by atoms with Crippen molar-refractivity contribution in [3.05, 3.63) is 12.4 Å². The van der Waals surface area contributed by atoms with Gasteiger partial charge in [-0.1, -0.05) is 6.92 Å². The normalized spacial score (nSPS) is 10.4. The Hall–Kier alpha value is -1.85. The largest absolute Gasteiger partial charge is 0.369 e. The van der Waals surface area contributed by atoms with Crippen molar-refractivity contribution < 1.29 is 4.79 Å². The minimum atomic E-state index is -0.0220. The lowest BCUT2D eigenvalue weighted by Crippen LogP contribution is -2.38. The van der Waals surface area contributed by atoms with Crippen LogP contribution in [0.4, 0.5) is 11.6 Å². The Bertz CT molecular complexity index is 408. The van der Waals surface area contributed by atoms with Crippen molar-refractivity contribution in [2.75, 3.05) is 30.4 Å². The van der Waals surface area contributed by atoms with Crippen LogP contribution in [0.3, 0.4) is 0 Å². The molecule has 19 heavy (non-hydrogen) atoms. The number of nitrogens with one attached hydrogen (secondary N) is 2. The number of rotatable bonds is 7. The molecule has 6 nitrogen and oxygen atoms in total. The van der Waals surface area contributed by atoms with Crippen LogP contribution in [0.2, 0.25) is 0 Å². The average Bonchev–Trinajstić information content (AvgIpc) is 2.35. The van der Waals surface area contributed by atoms with Crippen molar-refractivity contribution in [3.8, 4) is 0 Å². The SMILES string of the molecule is CCCNc1cncc(N(C)CC(=O)NC(C)C)n1. The molecule has 1 aromatic heterocycles. The molecule has 0 radical (unpaired) electrons. The Kier molecular flexibility index (Phi) is 6.05. The molecule has 0 saturated carbocycles. The van der Waals surface area contributed by atoms with Gasteiger partial charge in [-0.25, -0.2) is 4.98 Å². The molecule has 0 aromatic carbocycles. The van der Waals surface area contributed by atoms with Crippen molar-refractivity contribution in [1.29, 1.82) is 0 Å². The topological polar surface area (TPSA) is 70.2 Å². The summed E-state index contributed by atoms with van der Waals surface area (Å²) in [6.45, 7) is 7.09. The van der Waals surface area contributed by atoms with E-state index in [0.717, 1.165) is 18.8 Å². The first-order valence-corrected chi connectivity index (χ1v) is 6.59. The summed E-state index contributed by atoms with van der Waals surface area (Å²) in [5.74, 6) is 1.39. The molecule has 0 aliphatic rings. The summed E-state index contributed by atoms with van der Waals surface area (Å²) in [4.78, 5) is 22.0. The third kappa shape index (κ3) is 5.54. The minimum Gasteiger partial charge on any atom is -0.369 e. The van der Waals surface area contributed by atoms with Crippen LogP contribution in [-0.4, -0.2) is 42.1 Å². The van der Waals surface area contributed by atoms with E-state index in [4.69, 9.17) is 0 Å². The number of hydrogen-bond donors (Lipinski definition) is 2. The lowest BCUT2D eigenvalue weighted by Gasteiger charge is -2.19. The second-order valence-corrected chi connectivity index (χ2v) is 4.77. The Morgan fingerprint density at radius 3 is 2.79 bits per heavy atom. The van der Waals surface area contributed by atoms with Crippen LogP contribution in [0.5, 0.6) is 0 Å². The van der Waals surface area contributed by atoms with E-state index in [1.54, 1.807) is 17.3 Å². The van der Waals surface area contributed by atoms with Gasteiger partial charge in [0.15, 0.2) is 0 Å². The van der Waals surface area contributed by atoms with Crippen LogP contribution < -0.4 is 15.5 Å². The zero-order chi connectivity index (χ0) is 14.3. The molecule has 106 valence electrons. The van der Waals surface area contributed by atoms with Crippen LogP contribution >= 0.6 is 0 Å². The highest BCUT2D eigenvalue weighted by molar-refractivity contribution is 5.81. The minimum absolute atomic E-state index is 0.0220. The van der Waals surface area contributed by atoms with Crippen LogP contribution in [0.15, 0.2) is 12.4 Å². The summed E-state index contributed by atoms with van der Waals surface area (Å²) in [6, 6.07) is 0.143. The smallest absolute Gasteiger partial charge is 0.239 e. The van der Waals surface area contributed by atoms with Gasteiger partial charge < -0.3 is 15.5 Å². The molecule has 0 spiro atoms. The van der Waals surface area contributed by atoms with Gasteiger partial charge in [0, 0.05) is 19.6 Å². The van der Waals surface area contributed by atoms with Crippen LogP contribution in [0.1, 0.15) is 27.2 Å². The van der Waals surface area contributed by atoms with Crippen LogP contribution in [0, 0.1) is 0 Å². The van der Waals surface area contributed by atoms with Gasteiger partial charge in [0.25, 0.3) is 0 Å². The summed E-state index contributed by atoms with van der Waals surface area (Å²) >= 11 is 0. The Labute approximate surface area is 114 Å². The zero-order valence-corrected chi connectivity index (χ0v) is 12.1. The molecule has 0 saturated heterocycles. The number of aromatic nitrogens is 2. The second-order valence-electron chi connectivity index (χ2n) is 4.77. The third-order valence-corrected chi connectivity index (χ3v) is 2.40. The van der Waals surface area contributed by atoms with Crippen molar-refractivity contribution in [3.63, 3.8) is 0 Å². The first kappa shape index (κ1) is 15.2. The standard InChI is InChI=1S/C13H23N5O/c1-5-6-15-11-7-14-8-12(17-11)18(4)9-13(19)16-10(2)3/h7-8,10H,5-6,9H2,1-4H3,(H,15,17)(H,16,19). The van der Waals surface area contributed by atoms with Gasteiger partial charge in [0.05, 0.1) is 18.9 Å². The van der Waals surface area contributed by atoms with Gasteiger partial charge in [0.1, 0.15) is 11.6 Å². The number of carbonyl (C=O) groups excluding carboxylic acids is 1. The molecule has 1 amide bonds. The predicted octanol–water partition coefficient (Wildman–Crippen LogP) is 1.26. The monoisotopic (exact) mass is 265 g/mol. The molecular formula is C13H23N5O. The first-order chi connectivity index (χ1) is 9.02. The van der Waals surface area contributed by atoms with Gasteiger partial charge in [-0.15, -0.1) is 0 Å². The summed E-state index contributed by atoms with van der Waals surface area (Å²) < 4.78 is 0. The molecule has 0 aliphatic heterocycles. The molecule has 0 unspecified atom stereocenters. The number of likely N-dealkylation sites (N-methyl/N-ethyl adjacent to an activating group) is 1. The zero-order valence-electron chi connectivity index (χ0n) is 12.1. The van der Waals surface area contributed by atoms with Gasteiger partial charge in [-0.3, -0.25) is 9.78 Å².